The molecule has 0 saturated heterocycles. The van der Waals surface area contributed by atoms with Crippen LogP contribution >= 0.6 is 0 Å². The molecule has 0 heterocycles. The van der Waals surface area contributed by atoms with Gasteiger partial charge < -0.3 is 0 Å². The Morgan fingerprint density at radius 3 is 1.93 bits per heavy atom. The predicted molar refractivity (Wildman–Crippen MR) is 119 cm³/mol. The molecule has 0 N–H and O–H groups in total. The molecule has 1 aliphatic rings. The van der Waals surface area contributed by atoms with Crippen molar-refractivity contribution in [3.8, 4) is 12.3 Å². The molecule has 0 nitrogen and oxygen atoms in total. The molecule has 2 aromatic carbocycles. The lowest BCUT2D eigenvalue weighted by molar-refractivity contribution is 0.348. The van der Waals surface area contributed by atoms with E-state index in [4.69, 9.17) is 6.42 Å². The lowest BCUT2D eigenvalue weighted by Gasteiger charge is -2.26. The van der Waals surface area contributed by atoms with Crippen LogP contribution in [0, 0.1) is 25.2 Å². The Balaban J connectivity index is 0.000000244. The monoisotopic (exact) mass is 360 g/mol. The summed E-state index contributed by atoms with van der Waals surface area (Å²) >= 11 is 0. The van der Waals surface area contributed by atoms with Gasteiger partial charge in [-0.05, 0) is 73.6 Å². The highest BCUT2D eigenvalue weighted by atomic mass is 14.2. The Morgan fingerprint density at radius 1 is 0.889 bits per heavy atom. The Morgan fingerprint density at radius 2 is 1.44 bits per heavy atom. The summed E-state index contributed by atoms with van der Waals surface area (Å²) in [5.41, 5.74) is 5.30. The van der Waals surface area contributed by atoms with E-state index in [1.807, 2.05) is 31.2 Å². The van der Waals surface area contributed by atoms with Crippen LogP contribution in [-0.2, 0) is 0 Å². The number of benzene rings is 2. The molecule has 0 aliphatic heterocycles. The van der Waals surface area contributed by atoms with Crippen molar-refractivity contribution in [3.63, 3.8) is 0 Å². The summed E-state index contributed by atoms with van der Waals surface area (Å²) in [6.45, 7) is 9.03. The minimum atomic E-state index is 0.755. The first-order valence-corrected chi connectivity index (χ1v) is 10.7. The van der Waals surface area contributed by atoms with Crippen molar-refractivity contribution in [1.82, 2.24) is 0 Å². The Hall–Kier alpha value is -2.00. The molecule has 0 heteroatoms. The van der Waals surface area contributed by atoms with E-state index < -0.39 is 0 Å². The first-order valence-electron chi connectivity index (χ1n) is 10.7. The van der Waals surface area contributed by atoms with Gasteiger partial charge in [0.2, 0.25) is 0 Å². The van der Waals surface area contributed by atoms with Crippen molar-refractivity contribution in [1.29, 1.82) is 0 Å². The maximum Gasteiger partial charge on any atom is 0.0242 e. The van der Waals surface area contributed by atoms with Crippen LogP contribution in [0.4, 0.5) is 0 Å². The van der Waals surface area contributed by atoms with E-state index in [1.165, 1.54) is 49.7 Å². The number of aryl methyl sites for hydroxylation is 1. The summed E-state index contributed by atoms with van der Waals surface area (Å²) in [6.07, 6.45) is 13.3. The zero-order valence-electron chi connectivity index (χ0n) is 17.7. The van der Waals surface area contributed by atoms with Gasteiger partial charge >= 0.3 is 0 Å². The van der Waals surface area contributed by atoms with Crippen LogP contribution in [-0.4, -0.2) is 0 Å². The molecule has 2 aromatic rings. The Kier molecular flexibility index (Phi) is 8.66. The van der Waals surface area contributed by atoms with Crippen molar-refractivity contribution in [2.75, 3.05) is 0 Å². The fraction of sp³-hybridized carbons (Fsp3) is 0.481. The molecule has 144 valence electrons. The lowest BCUT2D eigenvalue weighted by atomic mass is 9.79. The number of hydrogen-bond acceptors (Lipinski definition) is 0. The molecule has 1 fully saturated rings. The zero-order valence-corrected chi connectivity index (χ0v) is 17.7. The van der Waals surface area contributed by atoms with E-state index in [0.29, 0.717) is 0 Å². The van der Waals surface area contributed by atoms with Gasteiger partial charge in [-0.1, -0.05) is 81.5 Å². The normalized spacial score (nSPS) is 19.1. The molecule has 0 radical (unpaired) electrons. The summed E-state index contributed by atoms with van der Waals surface area (Å²) in [4.78, 5) is 0. The van der Waals surface area contributed by atoms with Gasteiger partial charge in [0.05, 0.1) is 0 Å². The lowest BCUT2D eigenvalue weighted by Crippen LogP contribution is -2.10. The highest BCUT2D eigenvalue weighted by Gasteiger charge is 2.19. The number of hydrogen-bond donors (Lipinski definition) is 0. The first-order chi connectivity index (χ1) is 13.1. The van der Waals surface area contributed by atoms with Gasteiger partial charge in [-0.25, -0.2) is 0 Å². The molecule has 0 aromatic heterocycles. The summed E-state index contributed by atoms with van der Waals surface area (Å²) in [6, 6.07) is 17.5. The molecule has 0 spiro atoms. The molecule has 1 aliphatic carbocycles. The van der Waals surface area contributed by atoms with Crippen LogP contribution in [0.3, 0.4) is 0 Å². The number of terminal acetylenes is 1. The average Bonchev–Trinajstić information content (AvgIpc) is 2.71. The molecular formula is C27H36. The topological polar surface area (TPSA) is 0 Å². The second kappa shape index (κ2) is 11.0. The largest absolute Gasteiger partial charge is 0.115 e. The molecule has 0 atom stereocenters. The maximum atomic E-state index is 5.15. The van der Waals surface area contributed by atoms with Crippen LogP contribution in [0.15, 0.2) is 48.5 Å². The molecule has 0 bridgehead atoms. The summed E-state index contributed by atoms with van der Waals surface area (Å²) in [7, 11) is 0. The van der Waals surface area contributed by atoms with Gasteiger partial charge in [-0.3, -0.25) is 0 Å². The van der Waals surface area contributed by atoms with Crippen molar-refractivity contribution in [2.24, 2.45) is 5.92 Å². The van der Waals surface area contributed by atoms with Gasteiger partial charge in [-0.15, -0.1) is 6.42 Å². The quantitative estimate of drug-likeness (QED) is 0.487. The van der Waals surface area contributed by atoms with Gasteiger partial charge in [0.15, 0.2) is 0 Å². The first kappa shape index (κ1) is 21.3. The van der Waals surface area contributed by atoms with Crippen molar-refractivity contribution in [3.05, 3.63) is 70.8 Å². The molecule has 0 amide bonds. The molecular weight excluding hydrogens is 324 g/mol. The summed E-state index contributed by atoms with van der Waals surface area (Å²) in [5, 5.41) is 0. The molecule has 27 heavy (non-hydrogen) atoms. The highest BCUT2D eigenvalue weighted by Crippen LogP contribution is 2.36. The van der Waals surface area contributed by atoms with E-state index in [0.717, 1.165) is 23.3 Å². The standard InChI is InChI=1S/C18H28.C9H8/c1-4-15(5-2)16-10-12-18(13-11-16)17-8-6-14(3)7-9-17;1-3-9-6-4-8(2)5-7-9/h10-15,17H,4-9H2,1-3H3;1,4-7H,2H3. The van der Waals surface area contributed by atoms with Gasteiger partial charge in [0, 0.05) is 5.56 Å². The van der Waals surface area contributed by atoms with Gasteiger partial charge in [0.25, 0.3) is 0 Å². The van der Waals surface area contributed by atoms with Crippen LogP contribution < -0.4 is 0 Å². The molecule has 1 saturated carbocycles. The minimum Gasteiger partial charge on any atom is -0.115 e. The second-order valence-corrected chi connectivity index (χ2v) is 8.15. The van der Waals surface area contributed by atoms with Crippen LogP contribution in [0.1, 0.15) is 93.4 Å². The van der Waals surface area contributed by atoms with E-state index in [1.54, 1.807) is 5.56 Å². The smallest absolute Gasteiger partial charge is 0.0242 e. The van der Waals surface area contributed by atoms with Crippen molar-refractivity contribution >= 4 is 0 Å². The highest BCUT2D eigenvalue weighted by molar-refractivity contribution is 5.33. The zero-order chi connectivity index (χ0) is 19.6. The Bertz CT molecular complexity index is 687. The third-order valence-electron chi connectivity index (χ3n) is 6.10. The average molecular weight is 361 g/mol. The second-order valence-electron chi connectivity index (χ2n) is 8.15. The maximum absolute atomic E-state index is 5.15. The van der Waals surface area contributed by atoms with E-state index in [9.17, 15) is 0 Å². The SMILES string of the molecule is C#Cc1ccc(C)cc1.CCC(CC)c1ccc(C2CCC(C)CC2)cc1. The van der Waals surface area contributed by atoms with Gasteiger partial charge in [0.1, 0.15) is 0 Å². The van der Waals surface area contributed by atoms with Crippen LogP contribution in [0.25, 0.3) is 0 Å². The Labute approximate surface area is 167 Å². The minimum absolute atomic E-state index is 0.755. The third-order valence-corrected chi connectivity index (χ3v) is 6.10. The van der Waals surface area contributed by atoms with E-state index in [2.05, 4.69) is 51.0 Å². The summed E-state index contributed by atoms with van der Waals surface area (Å²) < 4.78 is 0. The fourth-order valence-electron chi connectivity index (χ4n) is 4.04. The summed E-state index contributed by atoms with van der Waals surface area (Å²) in [5.74, 6) is 5.09. The van der Waals surface area contributed by atoms with Crippen LogP contribution in [0.2, 0.25) is 0 Å². The van der Waals surface area contributed by atoms with E-state index in [-0.39, 0.29) is 0 Å². The third kappa shape index (κ3) is 6.59. The number of rotatable bonds is 4. The van der Waals surface area contributed by atoms with Crippen LogP contribution in [0.5, 0.6) is 0 Å². The predicted octanol–water partition coefficient (Wildman–Crippen LogP) is 7.86. The van der Waals surface area contributed by atoms with Crippen molar-refractivity contribution < 1.29 is 0 Å². The van der Waals surface area contributed by atoms with Gasteiger partial charge in [-0.2, -0.15) is 0 Å². The van der Waals surface area contributed by atoms with Crippen molar-refractivity contribution in [2.45, 2.75) is 78.1 Å². The van der Waals surface area contributed by atoms with E-state index >= 15 is 0 Å². The molecule has 0 unspecified atom stereocenters. The molecule has 3 rings (SSSR count). The fourth-order valence-corrected chi connectivity index (χ4v) is 4.04.